The third kappa shape index (κ3) is 4.28. The van der Waals surface area contributed by atoms with Crippen molar-refractivity contribution in [2.24, 2.45) is 5.92 Å². The van der Waals surface area contributed by atoms with Crippen LogP contribution in [0.3, 0.4) is 0 Å². The molecule has 2 heterocycles. The van der Waals surface area contributed by atoms with Crippen LogP contribution in [-0.4, -0.2) is 15.7 Å². The van der Waals surface area contributed by atoms with Gasteiger partial charge in [-0.25, -0.2) is 4.68 Å². The Bertz CT molecular complexity index is 1260. The van der Waals surface area contributed by atoms with Crippen molar-refractivity contribution < 1.29 is 9.21 Å². The Balaban J connectivity index is 1.87. The van der Waals surface area contributed by atoms with Gasteiger partial charge in [0.15, 0.2) is 5.69 Å². The number of amides is 1. The van der Waals surface area contributed by atoms with Crippen LogP contribution >= 0.6 is 0 Å². The number of aryl methyl sites for hydroxylation is 1. The maximum absolute atomic E-state index is 13.8. The van der Waals surface area contributed by atoms with Crippen molar-refractivity contribution in [3.8, 4) is 0 Å². The van der Waals surface area contributed by atoms with Crippen molar-refractivity contribution in [3.63, 3.8) is 0 Å². The van der Waals surface area contributed by atoms with Gasteiger partial charge in [0, 0.05) is 17.6 Å². The largest absolute Gasteiger partial charge is 0.467 e. The van der Waals surface area contributed by atoms with Crippen LogP contribution in [0.15, 0.2) is 76.1 Å². The number of furan rings is 1. The van der Waals surface area contributed by atoms with Crippen LogP contribution in [-0.2, 0) is 13.1 Å². The van der Waals surface area contributed by atoms with E-state index in [2.05, 4.69) is 5.10 Å². The molecule has 1 amide bonds. The maximum atomic E-state index is 13.8. The minimum Gasteiger partial charge on any atom is -0.467 e. The number of carbonyl (C=O) groups excluding carboxylic acids is 1. The average Bonchev–Trinajstić information content (AvgIpc) is 3.27. The fraction of sp³-hybridized carbons (Fsp3) is 0.240. The SMILES string of the molecule is Cc1ccc(N(Cc2ccco2)C(=O)c2nn(CC(C)C)c(=O)c3ccccc23)cc1. The Kier molecular flexibility index (Phi) is 5.71. The van der Waals surface area contributed by atoms with Crippen molar-refractivity contribution in [1.29, 1.82) is 0 Å². The molecule has 0 saturated carbocycles. The first-order chi connectivity index (χ1) is 14.9. The highest BCUT2D eigenvalue weighted by molar-refractivity contribution is 6.12. The molecule has 0 bridgehead atoms. The topological polar surface area (TPSA) is 68.3 Å². The first-order valence-electron chi connectivity index (χ1n) is 10.3. The highest BCUT2D eigenvalue weighted by Crippen LogP contribution is 2.23. The molecule has 0 N–H and O–H groups in total. The Hall–Kier alpha value is -3.67. The zero-order valence-electron chi connectivity index (χ0n) is 17.9. The summed E-state index contributed by atoms with van der Waals surface area (Å²) in [6, 6.07) is 18.5. The Labute approximate surface area is 180 Å². The van der Waals surface area contributed by atoms with Gasteiger partial charge in [-0.15, -0.1) is 0 Å². The number of benzene rings is 2. The van der Waals surface area contributed by atoms with Gasteiger partial charge in [0.1, 0.15) is 5.76 Å². The van der Waals surface area contributed by atoms with Crippen LogP contribution in [0.1, 0.15) is 35.7 Å². The monoisotopic (exact) mass is 415 g/mol. The molecule has 2 aromatic carbocycles. The molecule has 0 saturated heterocycles. The van der Waals surface area contributed by atoms with E-state index >= 15 is 0 Å². The third-order valence-corrected chi connectivity index (χ3v) is 5.09. The van der Waals surface area contributed by atoms with E-state index in [1.807, 2.05) is 57.2 Å². The van der Waals surface area contributed by atoms with Crippen LogP contribution in [0.25, 0.3) is 10.8 Å². The summed E-state index contributed by atoms with van der Waals surface area (Å²) >= 11 is 0. The Morgan fingerprint density at radius 3 is 2.39 bits per heavy atom. The van der Waals surface area contributed by atoms with E-state index in [1.165, 1.54) is 4.68 Å². The van der Waals surface area contributed by atoms with Gasteiger partial charge < -0.3 is 4.42 Å². The molecule has 2 aromatic heterocycles. The second-order valence-corrected chi connectivity index (χ2v) is 8.08. The third-order valence-electron chi connectivity index (χ3n) is 5.09. The van der Waals surface area contributed by atoms with Crippen molar-refractivity contribution in [2.45, 2.75) is 33.9 Å². The summed E-state index contributed by atoms with van der Waals surface area (Å²) in [6.45, 7) is 6.72. The molecule has 6 heteroatoms. The fourth-order valence-electron chi connectivity index (χ4n) is 3.55. The lowest BCUT2D eigenvalue weighted by Gasteiger charge is -2.23. The van der Waals surface area contributed by atoms with Crippen LogP contribution in [0.5, 0.6) is 0 Å². The second kappa shape index (κ2) is 8.60. The molecule has 0 spiro atoms. The van der Waals surface area contributed by atoms with Crippen LogP contribution in [0.2, 0.25) is 0 Å². The van der Waals surface area contributed by atoms with Crippen molar-refractivity contribution in [1.82, 2.24) is 9.78 Å². The van der Waals surface area contributed by atoms with Crippen molar-refractivity contribution in [2.75, 3.05) is 4.90 Å². The molecule has 0 aliphatic rings. The molecule has 4 aromatic rings. The normalized spacial score (nSPS) is 11.2. The lowest BCUT2D eigenvalue weighted by molar-refractivity contribution is 0.0977. The fourth-order valence-corrected chi connectivity index (χ4v) is 3.55. The quantitative estimate of drug-likeness (QED) is 0.454. The van der Waals surface area contributed by atoms with Crippen LogP contribution in [0.4, 0.5) is 5.69 Å². The van der Waals surface area contributed by atoms with Crippen LogP contribution < -0.4 is 10.5 Å². The van der Waals surface area contributed by atoms with Gasteiger partial charge in [-0.2, -0.15) is 5.10 Å². The number of anilines is 1. The molecule has 0 unspecified atom stereocenters. The van der Waals surface area contributed by atoms with Crippen molar-refractivity contribution >= 4 is 22.4 Å². The van der Waals surface area contributed by atoms with Gasteiger partial charge in [-0.3, -0.25) is 14.5 Å². The summed E-state index contributed by atoms with van der Waals surface area (Å²) in [5, 5.41) is 5.56. The van der Waals surface area contributed by atoms with Gasteiger partial charge in [0.05, 0.1) is 18.2 Å². The molecule has 0 aliphatic carbocycles. The first-order valence-corrected chi connectivity index (χ1v) is 10.3. The number of hydrogen-bond acceptors (Lipinski definition) is 4. The first kappa shape index (κ1) is 20.6. The van der Waals surface area contributed by atoms with Gasteiger partial charge in [0.25, 0.3) is 11.5 Å². The highest BCUT2D eigenvalue weighted by atomic mass is 16.3. The summed E-state index contributed by atoms with van der Waals surface area (Å²) in [5.41, 5.74) is 1.90. The van der Waals surface area contributed by atoms with E-state index < -0.39 is 0 Å². The zero-order valence-corrected chi connectivity index (χ0v) is 17.9. The molecule has 0 aliphatic heterocycles. The minimum absolute atomic E-state index is 0.186. The molecule has 4 rings (SSSR count). The van der Waals surface area contributed by atoms with Gasteiger partial charge in [-0.1, -0.05) is 49.7 Å². The number of carbonyl (C=O) groups is 1. The molecule has 31 heavy (non-hydrogen) atoms. The van der Waals surface area contributed by atoms with Gasteiger partial charge in [-0.05, 0) is 43.2 Å². The second-order valence-electron chi connectivity index (χ2n) is 8.08. The van der Waals surface area contributed by atoms with Crippen molar-refractivity contribution in [3.05, 3.63) is 94.3 Å². The molecule has 0 radical (unpaired) electrons. The Morgan fingerprint density at radius 1 is 1.03 bits per heavy atom. The molecule has 6 nitrogen and oxygen atoms in total. The summed E-state index contributed by atoms with van der Waals surface area (Å²) in [5.74, 6) is 0.591. The molecular formula is C25H25N3O3. The highest BCUT2D eigenvalue weighted by Gasteiger charge is 2.24. The summed E-state index contributed by atoms with van der Waals surface area (Å²) in [7, 11) is 0. The predicted octanol–water partition coefficient (Wildman–Crippen LogP) is 4.80. The lowest BCUT2D eigenvalue weighted by atomic mass is 10.1. The smallest absolute Gasteiger partial charge is 0.279 e. The summed E-state index contributed by atoms with van der Waals surface area (Å²) in [6.07, 6.45) is 1.59. The number of rotatable bonds is 6. The number of hydrogen-bond donors (Lipinski definition) is 0. The van der Waals surface area contributed by atoms with Crippen LogP contribution in [0, 0.1) is 12.8 Å². The predicted molar refractivity (Wildman–Crippen MR) is 121 cm³/mol. The minimum atomic E-state index is -0.283. The number of fused-ring (bicyclic) bond motifs is 1. The average molecular weight is 415 g/mol. The van der Waals surface area contributed by atoms with E-state index in [0.29, 0.717) is 23.1 Å². The summed E-state index contributed by atoms with van der Waals surface area (Å²) in [4.78, 5) is 28.4. The number of aromatic nitrogens is 2. The molecule has 158 valence electrons. The van der Waals surface area contributed by atoms with Gasteiger partial charge >= 0.3 is 0 Å². The lowest BCUT2D eigenvalue weighted by Crippen LogP contribution is -2.34. The number of nitrogens with zero attached hydrogens (tertiary/aromatic N) is 3. The molecular weight excluding hydrogens is 390 g/mol. The zero-order chi connectivity index (χ0) is 22.0. The van der Waals surface area contributed by atoms with E-state index in [-0.39, 0.29) is 29.6 Å². The standard InChI is InChI=1S/C25H25N3O3/c1-17(2)15-28-24(29)22-9-5-4-8-21(22)23(26-28)25(30)27(16-20-7-6-14-31-20)19-12-10-18(3)11-13-19/h4-14,17H,15-16H2,1-3H3. The van der Waals surface area contributed by atoms with E-state index in [4.69, 9.17) is 4.42 Å². The van der Waals surface area contributed by atoms with E-state index in [9.17, 15) is 9.59 Å². The van der Waals surface area contributed by atoms with E-state index in [1.54, 1.807) is 35.4 Å². The van der Waals surface area contributed by atoms with Gasteiger partial charge in [0.2, 0.25) is 0 Å². The summed E-state index contributed by atoms with van der Waals surface area (Å²) < 4.78 is 6.91. The molecule has 0 fully saturated rings. The Morgan fingerprint density at radius 2 is 1.74 bits per heavy atom. The molecule has 0 atom stereocenters. The maximum Gasteiger partial charge on any atom is 0.279 e. The van der Waals surface area contributed by atoms with E-state index in [0.717, 1.165) is 11.3 Å².